The Bertz CT molecular complexity index is 139. The number of rotatable bonds is 2. The van der Waals surface area contributed by atoms with Crippen molar-refractivity contribution in [2.75, 3.05) is 19.6 Å². The maximum absolute atomic E-state index is 12.1. The molecule has 0 aromatic rings. The van der Waals surface area contributed by atoms with E-state index in [1.165, 1.54) is 0 Å². The molecule has 1 aliphatic heterocycles. The molecule has 1 rings (SSSR count). The highest BCUT2D eigenvalue weighted by Crippen LogP contribution is 2.25. The van der Waals surface area contributed by atoms with E-state index in [4.69, 9.17) is 0 Å². The van der Waals surface area contributed by atoms with Gasteiger partial charge in [-0.25, -0.2) is 8.78 Å². The van der Waals surface area contributed by atoms with Crippen LogP contribution < -0.4 is 0 Å². The van der Waals surface area contributed by atoms with Crippen LogP contribution in [0, 0.1) is 0 Å². The van der Waals surface area contributed by atoms with Gasteiger partial charge in [-0.15, -0.1) is 0 Å². The first-order valence-electron chi connectivity index (χ1n) is 2.99. The maximum atomic E-state index is 12.1. The molecule has 0 amide bonds. The molecule has 0 bridgehead atoms. The van der Waals surface area contributed by atoms with Crippen molar-refractivity contribution in [1.29, 1.82) is 0 Å². The van der Waals surface area contributed by atoms with E-state index in [0.717, 1.165) is 0 Å². The molecule has 0 saturated carbocycles. The van der Waals surface area contributed by atoms with Crippen molar-refractivity contribution in [1.82, 2.24) is 4.90 Å². The van der Waals surface area contributed by atoms with E-state index in [-0.39, 0.29) is 13.1 Å². The fourth-order valence-electron chi connectivity index (χ4n) is 0.926. The van der Waals surface area contributed by atoms with Gasteiger partial charge < -0.3 is 0 Å². The van der Waals surface area contributed by atoms with E-state index in [0.29, 0.717) is 6.54 Å². The third-order valence-corrected chi connectivity index (χ3v) is 1.87. The first-order valence-corrected chi connectivity index (χ1v) is 4.24. The second-order valence-corrected chi connectivity index (χ2v) is 3.11. The summed E-state index contributed by atoms with van der Waals surface area (Å²) in [6, 6.07) is 0. The van der Waals surface area contributed by atoms with E-state index in [1.807, 2.05) is 10.2 Å². The van der Waals surface area contributed by atoms with Gasteiger partial charge in [0.25, 0.3) is 5.92 Å². The Hall–Kier alpha value is 0.290. The number of nitrogens with zero attached hydrogens (tertiary/aromatic N) is 1. The Morgan fingerprint density at radius 1 is 1.50 bits per heavy atom. The van der Waals surface area contributed by atoms with E-state index in [2.05, 4.69) is 22.6 Å². The summed E-state index contributed by atoms with van der Waals surface area (Å²) in [7, 11) is 0. The molecule has 10 heavy (non-hydrogen) atoms. The Balaban J connectivity index is 2.15. The van der Waals surface area contributed by atoms with E-state index >= 15 is 0 Å². The highest BCUT2D eigenvalue weighted by atomic mass is 127. The highest BCUT2D eigenvalue weighted by Gasteiger charge is 2.42. The zero-order valence-electron chi connectivity index (χ0n) is 5.36. The number of alkyl halides is 2. The summed E-state index contributed by atoms with van der Waals surface area (Å²) in [5.74, 6) is -2.42. The van der Waals surface area contributed by atoms with E-state index in [9.17, 15) is 8.78 Å². The molecule has 0 aromatic carbocycles. The molecule has 0 aliphatic carbocycles. The van der Waals surface area contributed by atoms with Crippen LogP contribution in [-0.4, -0.2) is 30.5 Å². The van der Waals surface area contributed by atoms with Gasteiger partial charge in [-0.2, -0.15) is 0 Å². The summed E-state index contributed by atoms with van der Waals surface area (Å²) in [6.07, 6.45) is 1.87. The molecule has 0 spiro atoms. The molecule has 0 unspecified atom stereocenters. The summed E-state index contributed by atoms with van der Waals surface area (Å²) < 4.78 is 26.1. The maximum Gasteiger partial charge on any atom is 0.272 e. The predicted molar refractivity (Wildman–Crippen MR) is 44.5 cm³/mol. The molecular weight excluding hydrogens is 251 g/mol. The lowest BCUT2D eigenvalue weighted by molar-refractivity contribution is -0.125. The molecule has 58 valence electrons. The van der Waals surface area contributed by atoms with E-state index in [1.54, 1.807) is 4.90 Å². The normalized spacial score (nSPS) is 25.1. The van der Waals surface area contributed by atoms with Crippen molar-refractivity contribution < 1.29 is 8.78 Å². The molecule has 1 nitrogen and oxygen atoms in total. The zero-order valence-corrected chi connectivity index (χ0v) is 7.51. The summed E-state index contributed by atoms with van der Waals surface area (Å²) in [4.78, 5) is 1.70. The lowest BCUT2D eigenvalue weighted by Gasteiger charge is -2.37. The third-order valence-electron chi connectivity index (χ3n) is 1.36. The van der Waals surface area contributed by atoms with Gasteiger partial charge in [-0.3, -0.25) is 4.90 Å². The first-order chi connectivity index (χ1) is 4.64. The van der Waals surface area contributed by atoms with E-state index < -0.39 is 5.92 Å². The molecule has 0 atom stereocenters. The molecule has 4 heteroatoms. The minimum absolute atomic E-state index is 0.0754. The minimum atomic E-state index is -2.42. The summed E-state index contributed by atoms with van der Waals surface area (Å²) >= 11 is 2.08. The average Bonchev–Trinajstić information content (AvgIpc) is 1.78. The number of hydrogen-bond acceptors (Lipinski definition) is 1. The van der Waals surface area contributed by atoms with Gasteiger partial charge in [0, 0.05) is 6.54 Å². The van der Waals surface area contributed by atoms with Crippen LogP contribution in [0.25, 0.3) is 0 Å². The zero-order chi connectivity index (χ0) is 7.61. The standard InChI is InChI=1S/C6H8F2IN/c7-6(8)4-10(5-6)3-1-2-9/h1-2H,3-5H2/b2-1-. The quantitative estimate of drug-likeness (QED) is 0.684. The monoisotopic (exact) mass is 259 g/mol. The molecule has 0 radical (unpaired) electrons. The number of likely N-dealkylation sites (tertiary alicyclic amines) is 1. The second-order valence-electron chi connectivity index (χ2n) is 2.39. The predicted octanol–water partition coefficient (Wildman–Crippen LogP) is 1.89. The van der Waals surface area contributed by atoms with Gasteiger partial charge >= 0.3 is 0 Å². The number of hydrogen-bond donors (Lipinski definition) is 0. The SMILES string of the molecule is FC1(F)CN(C/C=C\I)C1. The first kappa shape index (κ1) is 8.39. The van der Waals surface area contributed by atoms with Crippen molar-refractivity contribution in [2.24, 2.45) is 0 Å². The Labute approximate surface area is 72.2 Å². The number of halogens is 3. The van der Waals surface area contributed by atoms with Gasteiger partial charge in [0.05, 0.1) is 13.1 Å². The smallest absolute Gasteiger partial charge is 0.272 e. The summed E-state index contributed by atoms with van der Waals surface area (Å²) in [5, 5.41) is 0. The summed E-state index contributed by atoms with van der Waals surface area (Å²) in [6.45, 7) is 0.500. The topological polar surface area (TPSA) is 3.24 Å². The van der Waals surface area contributed by atoms with Crippen LogP contribution in [0.15, 0.2) is 10.2 Å². The lowest BCUT2D eigenvalue weighted by atomic mass is 10.1. The third kappa shape index (κ3) is 2.16. The van der Waals surface area contributed by atoms with Crippen molar-refractivity contribution in [3.8, 4) is 0 Å². The minimum Gasteiger partial charge on any atom is -0.288 e. The molecular formula is C6H8F2IN. The van der Waals surface area contributed by atoms with Crippen LogP contribution in [0.1, 0.15) is 0 Å². The molecule has 1 saturated heterocycles. The van der Waals surface area contributed by atoms with Gasteiger partial charge in [0.2, 0.25) is 0 Å². The van der Waals surface area contributed by atoms with Crippen molar-refractivity contribution in [3.63, 3.8) is 0 Å². The van der Waals surface area contributed by atoms with Crippen LogP contribution in [0.3, 0.4) is 0 Å². The van der Waals surface area contributed by atoms with Crippen LogP contribution in [0.5, 0.6) is 0 Å². The second kappa shape index (κ2) is 3.13. The van der Waals surface area contributed by atoms with Gasteiger partial charge in [-0.1, -0.05) is 28.7 Å². The molecule has 1 fully saturated rings. The van der Waals surface area contributed by atoms with Gasteiger partial charge in [0.15, 0.2) is 0 Å². The van der Waals surface area contributed by atoms with Crippen LogP contribution in [0.2, 0.25) is 0 Å². The molecule has 0 N–H and O–H groups in total. The molecule has 1 heterocycles. The van der Waals surface area contributed by atoms with Crippen LogP contribution >= 0.6 is 22.6 Å². The Kier molecular flexibility index (Phi) is 2.62. The Morgan fingerprint density at radius 2 is 2.10 bits per heavy atom. The largest absolute Gasteiger partial charge is 0.288 e. The van der Waals surface area contributed by atoms with Gasteiger partial charge in [-0.05, 0) is 4.08 Å². The fraction of sp³-hybridized carbons (Fsp3) is 0.667. The van der Waals surface area contributed by atoms with Crippen molar-refractivity contribution >= 4 is 22.6 Å². The van der Waals surface area contributed by atoms with Crippen LogP contribution in [-0.2, 0) is 0 Å². The fourth-order valence-corrected chi connectivity index (χ4v) is 1.15. The average molecular weight is 259 g/mol. The summed E-state index contributed by atoms with van der Waals surface area (Å²) in [5.41, 5.74) is 0. The van der Waals surface area contributed by atoms with Crippen LogP contribution in [0.4, 0.5) is 8.78 Å². The van der Waals surface area contributed by atoms with Gasteiger partial charge in [0.1, 0.15) is 0 Å². The van der Waals surface area contributed by atoms with Crippen molar-refractivity contribution in [3.05, 3.63) is 10.2 Å². The van der Waals surface area contributed by atoms with Crippen molar-refractivity contribution in [2.45, 2.75) is 5.92 Å². The Morgan fingerprint density at radius 3 is 2.50 bits per heavy atom. The highest BCUT2D eigenvalue weighted by molar-refractivity contribution is 14.1. The molecule has 1 aliphatic rings. The lowest BCUT2D eigenvalue weighted by Crippen LogP contribution is -2.55. The molecule has 0 aromatic heterocycles.